The Morgan fingerprint density at radius 3 is 2.52 bits per heavy atom. The van der Waals surface area contributed by atoms with Crippen LogP contribution in [0.4, 0.5) is 5.69 Å². The van der Waals surface area contributed by atoms with E-state index < -0.39 is 0 Å². The molecular formula is C18H17Cl2NO2S2. The number of carbonyl (C=O) groups is 1. The molecule has 2 aromatic rings. The first-order chi connectivity index (χ1) is 12.0. The molecule has 7 heteroatoms. The van der Waals surface area contributed by atoms with Gasteiger partial charge in [0.25, 0.3) is 5.91 Å². The number of halogens is 2. The lowest BCUT2D eigenvalue weighted by Crippen LogP contribution is -2.20. The van der Waals surface area contributed by atoms with Crippen LogP contribution in [0.5, 0.6) is 5.75 Å². The van der Waals surface area contributed by atoms with Crippen LogP contribution >= 0.6 is 46.7 Å². The maximum Gasteiger partial charge on any atom is 0.262 e. The smallest absolute Gasteiger partial charge is 0.262 e. The first-order valence-electron chi connectivity index (χ1n) is 7.75. The van der Waals surface area contributed by atoms with Gasteiger partial charge in [0.2, 0.25) is 0 Å². The van der Waals surface area contributed by atoms with Crippen molar-refractivity contribution < 1.29 is 9.53 Å². The average Bonchev–Trinajstić information content (AvgIpc) is 3.15. The Labute approximate surface area is 165 Å². The molecule has 0 unspecified atom stereocenters. The fourth-order valence-electron chi connectivity index (χ4n) is 2.37. The summed E-state index contributed by atoms with van der Waals surface area (Å²) in [6.07, 6.45) is 0. The Hall–Kier alpha value is -1.01. The van der Waals surface area contributed by atoms with Gasteiger partial charge in [0.1, 0.15) is 5.75 Å². The minimum Gasteiger partial charge on any atom is -0.484 e. The molecule has 0 radical (unpaired) electrons. The summed E-state index contributed by atoms with van der Waals surface area (Å²) in [6.45, 7) is 1.75. The maximum atomic E-state index is 12.1. The molecule has 1 heterocycles. The number of hydrogen-bond acceptors (Lipinski definition) is 4. The predicted molar refractivity (Wildman–Crippen MR) is 109 cm³/mol. The van der Waals surface area contributed by atoms with E-state index in [0.717, 1.165) is 5.56 Å². The molecule has 0 spiro atoms. The molecule has 1 N–H and O–H groups in total. The van der Waals surface area contributed by atoms with Crippen molar-refractivity contribution in [2.45, 2.75) is 11.5 Å². The first kappa shape index (κ1) is 18.8. The maximum absolute atomic E-state index is 12.1. The molecule has 0 aromatic heterocycles. The van der Waals surface area contributed by atoms with E-state index in [9.17, 15) is 4.79 Å². The van der Waals surface area contributed by atoms with Crippen LogP contribution in [0.2, 0.25) is 10.0 Å². The molecule has 1 aliphatic heterocycles. The highest BCUT2D eigenvalue weighted by Gasteiger charge is 2.18. The molecule has 0 bridgehead atoms. The van der Waals surface area contributed by atoms with E-state index in [1.807, 2.05) is 42.6 Å². The van der Waals surface area contributed by atoms with Gasteiger partial charge < -0.3 is 10.1 Å². The van der Waals surface area contributed by atoms with E-state index in [1.54, 1.807) is 12.1 Å². The topological polar surface area (TPSA) is 38.3 Å². The van der Waals surface area contributed by atoms with E-state index in [2.05, 4.69) is 17.4 Å². The van der Waals surface area contributed by atoms with Gasteiger partial charge in [-0.25, -0.2) is 0 Å². The second-order valence-corrected chi connectivity index (χ2v) is 9.04. The normalized spacial score (nSPS) is 14.5. The Morgan fingerprint density at radius 1 is 1.16 bits per heavy atom. The molecule has 0 saturated carbocycles. The van der Waals surface area contributed by atoms with Gasteiger partial charge in [-0.15, -0.1) is 23.5 Å². The summed E-state index contributed by atoms with van der Waals surface area (Å²) in [7, 11) is 0. The highest BCUT2D eigenvalue weighted by atomic mass is 35.5. The Morgan fingerprint density at radius 2 is 1.84 bits per heavy atom. The van der Waals surface area contributed by atoms with Crippen molar-refractivity contribution >= 4 is 58.3 Å². The molecule has 2 aromatic carbocycles. The third-order valence-electron chi connectivity index (χ3n) is 3.69. The molecule has 3 rings (SSSR count). The first-order valence-corrected chi connectivity index (χ1v) is 10.6. The summed E-state index contributed by atoms with van der Waals surface area (Å²) in [6, 6.07) is 11.4. The van der Waals surface area contributed by atoms with Gasteiger partial charge in [-0.2, -0.15) is 0 Å². The zero-order valence-electron chi connectivity index (χ0n) is 13.6. The van der Waals surface area contributed by atoms with Gasteiger partial charge >= 0.3 is 0 Å². The molecule has 132 valence electrons. The third kappa shape index (κ3) is 4.79. The number of anilines is 1. The van der Waals surface area contributed by atoms with Gasteiger partial charge in [0.05, 0.1) is 20.3 Å². The lowest BCUT2D eigenvalue weighted by atomic mass is 10.2. The van der Waals surface area contributed by atoms with Crippen molar-refractivity contribution in [1.82, 2.24) is 0 Å². The van der Waals surface area contributed by atoms with Crippen molar-refractivity contribution in [3.63, 3.8) is 0 Å². The molecule has 25 heavy (non-hydrogen) atoms. The molecule has 3 nitrogen and oxygen atoms in total. The number of nitrogens with one attached hydrogen (secondary N) is 1. The molecule has 1 amide bonds. The number of amides is 1. The number of ether oxygens (including phenoxy) is 1. The van der Waals surface area contributed by atoms with Gasteiger partial charge in [-0.1, -0.05) is 41.4 Å². The quantitative estimate of drug-likeness (QED) is 0.671. The van der Waals surface area contributed by atoms with Gasteiger partial charge in [0, 0.05) is 11.5 Å². The van der Waals surface area contributed by atoms with Crippen LogP contribution < -0.4 is 10.1 Å². The van der Waals surface area contributed by atoms with Gasteiger partial charge in [-0.05, 0) is 36.2 Å². The number of thioether (sulfide) groups is 2. The fraction of sp³-hybridized carbons (Fsp3) is 0.278. The SMILES string of the molecule is Cc1ccc(Cl)c(NC(=O)COc2ccc(C3SCCS3)cc2)c1Cl. The average molecular weight is 414 g/mol. The molecule has 1 aliphatic rings. The van der Waals surface area contributed by atoms with Crippen molar-refractivity contribution in [3.8, 4) is 5.75 Å². The van der Waals surface area contributed by atoms with Crippen molar-refractivity contribution in [3.05, 3.63) is 57.6 Å². The second kappa shape index (κ2) is 8.58. The molecular weight excluding hydrogens is 397 g/mol. The summed E-state index contributed by atoms with van der Waals surface area (Å²) in [4.78, 5) is 12.1. The van der Waals surface area contributed by atoms with E-state index in [4.69, 9.17) is 27.9 Å². The minimum absolute atomic E-state index is 0.104. The van der Waals surface area contributed by atoms with Crippen molar-refractivity contribution in [2.24, 2.45) is 0 Å². The molecule has 1 fully saturated rings. The monoisotopic (exact) mass is 413 g/mol. The zero-order chi connectivity index (χ0) is 17.8. The van der Waals surface area contributed by atoms with Gasteiger partial charge in [-0.3, -0.25) is 4.79 Å². The van der Waals surface area contributed by atoms with Crippen LogP contribution in [0.15, 0.2) is 36.4 Å². The number of rotatable bonds is 5. The van der Waals surface area contributed by atoms with Crippen LogP contribution in [-0.4, -0.2) is 24.0 Å². The van der Waals surface area contributed by atoms with Gasteiger partial charge in [0.15, 0.2) is 6.61 Å². The number of benzene rings is 2. The van der Waals surface area contributed by atoms with Crippen LogP contribution in [0.1, 0.15) is 15.7 Å². The van der Waals surface area contributed by atoms with Crippen LogP contribution in [0.3, 0.4) is 0 Å². The summed E-state index contributed by atoms with van der Waals surface area (Å²) in [5.74, 6) is 2.74. The zero-order valence-corrected chi connectivity index (χ0v) is 16.7. The summed E-state index contributed by atoms with van der Waals surface area (Å²) in [5.41, 5.74) is 2.55. The lowest BCUT2D eigenvalue weighted by molar-refractivity contribution is -0.118. The fourth-order valence-corrected chi connectivity index (χ4v) is 5.69. The predicted octanol–water partition coefficient (Wildman–Crippen LogP) is 5.80. The molecule has 0 aliphatic carbocycles. The van der Waals surface area contributed by atoms with Crippen LogP contribution in [0.25, 0.3) is 0 Å². The summed E-state index contributed by atoms with van der Waals surface area (Å²) >= 11 is 16.2. The summed E-state index contributed by atoms with van der Waals surface area (Å²) in [5, 5.41) is 3.56. The summed E-state index contributed by atoms with van der Waals surface area (Å²) < 4.78 is 6.06. The Balaban J connectivity index is 1.56. The van der Waals surface area contributed by atoms with E-state index in [0.29, 0.717) is 26.1 Å². The van der Waals surface area contributed by atoms with Crippen molar-refractivity contribution in [2.75, 3.05) is 23.4 Å². The Kier molecular flexibility index (Phi) is 6.44. The van der Waals surface area contributed by atoms with Crippen LogP contribution in [-0.2, 0) is 4.79 Å². The highest BCUT2D eigenvalue weighted by molar-refractivity contribution is 8.19. The number of aryl methyl sites for hydroxylation is 1. The van der Waals surface area contributed by atoms with Crippen molar-refractivity contribution in [1.29, 1.82) is 0 Å². The Bertz CT molecular complexity index is 762. The number of carbonyl (C=O) groups excluding carboxylic acids is 1. The minimum atomic E-state index is -0.305. The van der Waals surface area contributed by atoms with E-state index in [1.165, 1.54) is 17.1 Å². The number of hydrogen-bond donors (Lipinski definition) is 1. The molecule has 0 atom stereocenters. The largest absolute Gasteiger partial charge is 0.484 e. The van der Waals surface area contributed by atoms with Crippen LogP contribution in [0, 0.1) is 6.92 Å². The standard InChI is InChI=1S/C18H17Cl2NO2S2/c1-11-2-7-14(19)17(16(11)20)21-15(22)10-23-13-5-3-12(4-6-13)18-24-8-9-25-18/h2-7,18H,8-10H2,1H3,(H,21,22). The highest BCUT2D eigenvalue weighted by Crippen LogP contribution is 2.45. The lowest BCUT2D eigenvalue weighted by Gasteiger charge is -2.12. The molecule has 1 saturated heterocycles. The van der Waals surface area contributed by atoms with E-state index >= 15 is 0 Å². The third-order valence-corrected chi connectivity index (χ3v) is 7.60. The second-order valence-electron chi connectivity index (χ2n) is 5.53. The van der Waals surface area contributed by atoms with E-state index in [-0.39, 0.29) is 12.5 Å².